The van der Waals surface area contributed by atoms with Gasteiger partial charge in [-0.1, -0.05) is 37.3 Å². The molecule has 0 aliphatic carbocycles. The summed E-state index contributed by atoms with van der Waals surface area (Å²) in [4.78, 5) is 13.6. The Hall–Kier alpha value is -1.35. The van der Waals surface area contributed by atoms with E-state index in [1.807, 2.05) is 0 Å². The second kappa shape index (κ2) is 6.01. The number of likely N-dealkylation sites (tertiary alicyclic amines) is 1. The number of carbonyl (C=O) groups excluding carboxylic acids is 1. The van der Waals surface area contributed by atoms with Crippen LogP contribution in [0.25, 0.3) is 0 Å². The van der Waals surface area contributed by atoms with E-state index in [0.717, 1.165) is 25.9 Å². The predicted octanol–water partition coefficient (Wildman–Crippen LogP) is 2.35. The van der Waals surface area contributed by atoms with Crippen molar-refractivity contribution in [3.05, 3.63) is 35.9 Å². The highest BCUT2D eigenvalue weighted by Gasteiger charge is 2.28. The second-order valence-corrected chi connectivity index (χ2v) is 5.02. The Kier molecular flexibility index (Phi) is 4.37. The van der Waals surface area contributed by atoms with E-state index in [4.69, 9.17) is 0 Å². The molecule has 0 bridgehead atoms. The third kappa shape index (κ3) is 3.10. The van der Waals surface area contributed by atoms with Gasteiger partial charge in [0.2, 0.25) is 5.91 Å². The summed E-state index contributed by atoms with van der Waals surface area (Å²) in [6.07, 6.45) is 2.17. The minimum atomic E-state index is 0.0783. The molecular formula is C15H22N2O. The fraction of sp³-hybridized carbons (Fsp3) is 0.533. The van der Waals surface area contributed by atoms with Crippen LogP contribution in [0.3, 0.4) is 0 Å². The van der Waals surface area contributed by atoms with Crippen molar-refractivity contribution in [1.82, 2.24) is 10.2 Å². The number of hydrogen-bond acceptors (Lipinski definition) is 2. The van der Waals surface area contributed by atoms with E-state index in [-0.39, 0.29) is 5.91 Å². The third-order valence-electron chi connectivity index (χ3n) is 3.64. The molecule has 98 valence electrons. The molecule has 0 saturated carbocycles. The normalized spacial score (nSPS) is 21.8. The highest BCUT2D eigenvalue weighted by molar-refractivity contribution is 5.73. The summed E-state index contributed by atoms with van der Waals surface area (Å²) in [6.45, 7) is 5.85. The summed E-state index contributed by atoms with van der Waals surface area (Å²) in [5.74, 6) is 0.0783. The average Bonchev–Trinajstić information content (AvgIpc) is 2.79. The molecule has 1 aliphatic heterocycles. The van der Waals surface area contributed by atoms with Crippen molar-refractivity contribution >= 4 is 5.91 Å². The Balaban J connectivity index is 2.00. The Morgan fingerprint density at radius 2 is 2.17 bits per heavy atom. The van der Waals surface area contributed by atoms with Crippen LogP contribution in [0.2, 0.25) is 0 Å². The number of amides is 1. The van der Waals surface area contributed by atoms with Gasteiger partial charge >= 0.3 is 0 Å². The first-order chi connectivity index (χ1) is 8.70. The number of rotatable bonds is 4. The SMILES string of the molecule is CCC(c1ccccc1)N1CCC(NC(C)=O)C1. The Labute approximate surface area is 109 Å². The fourth-order valence-corrected chi connectivity index (χ4v) is 2.86. The van der Waals surface area contributed by atoms with Gasteiger partial charge in [-0.3, -0.25) is 9.69 Å². The maximum absolute atomic E-state index is 11.1. The lowest BCUT2D eigenvalue weighted by Gasteiger charge is -2.27. The van der Waals surface area contributed by atoms with Gasteiger partial charge in [-0.2, -0.15) is 0 Å². The molecular weight excluding hydrogens is 224 g/mol. The fourth-order valence-electron chi connectivity index (χ4n) is 2.86. The van der Waals surface area contributed by atoms with E-state index in [9.17, 15) is 4.79 Å². The lowest BCUT2D eigenvalue weighted by atomic mass is 10.0. The summed E-state index contributed by atoms with van der Waals surface area (Å²) in [5.41, 5.74) is 1.38. The molecule has 1 heterocycles. The summed E-state index contributed by atoms with van der Waals surface area (Å²) < 4.78 is 0. The van der Waals surface area contributed by atoms with Crippen LogP contribution >= 0.6 is 0 Å². The van der Waals surface area contributed by atoms with E-state index >= 15 is 0 Å². The molecule has 2 atom stereocenters. The highest BCUT2D eigenvalue weighted by Crippen LogP contribution is 2.27. The third-order valence-corrected chi connectivity index (χ3v) is 3.64. The van der Waals surface area contributed by atoms with Crippen molar-refractivity contribution in [2.24, 2.45) is 0 Å². The van der Waals surface area contributed by atoms with E-state index in [2.05, 4.69) is 47.5 Å². The lowest BCUT2D eigenvalue weighted by Crippen LogP contribution is -2.36. The highest BCUT2D eigenvalue weighted by atomic mass is 16.1. The van der Waals surface area contributed by atoms with Crippen molar-refractivity contribution in [3.63, 3.8) is 0 Å². The minimum Gasteiger partial charge on any atom is -0.352 e. The monoisotopic (exact) mass is 246 g/mol. The van der Waals surface area contributed by atoms with Crippen LogP contribution in [0.4, 0.5) is 0 Å². The average molecular weight is 246 g/mol. The van der Waals surface area contributed by atoms with Crippen LogP contribution in [0.15, 0.2) is 30.3 Å². The van der Waals surface area contributed by atoms with Crippen molar-refractivity contribution in [2.75, 3.05) is 13.1 Å². The van der Waals surface area contributed by atoms with Crippen LogP contribution in [-0.2, 0) is 4.79 Å². The van der Waals surface area contributed by atoms with Crippen LogP contribution in [0.5, 0.6) is 0 Å². The Morgan fingerprint density at radius 3 is 2.78 bits per heavy atom. The van der Waals surface area contributed by atoms with Gasteiger partial charge in [-0.05, 0) is 18.4 Å². The summed E-state index contributed by atoms with van der Waals surface area (Å²) in [6, 6.07) is 11.4. The maximum Gasteiger partial charge on any atom is 0.217 e. The molecule has 3 heteroatoms. The smallest absolute Gasteiger partial charge is 0.217 e. The molecule has 2 unspecified atom stereocenters. The van der Waals surface area contributed by atoms with Crippen LogP contribution in [0, 0.1) is 0 Å². The Morgan fingerprint density at radius 1 is 1.44 bits per heavy atom. The van der Waals surface area contributed by atoms with Gasteiger partial charge in [0.1, 0.15) is 0 Å². The first kappa shape index (κ1) is 13.1. The number of nitrogens with zero attached hydrogens (tertiary/aromatic N) is 1. The van der Waals surface area contributed by atoms with Gasteiger partial charge in [0, 0.05) is 32.1 Å². The molecule has 0 aromatic heterocycles. The van der Waals surface area contributed by atoms with Gasteiger partial charge in [0.15, 0.2) is 0 Å². The zero-order valence-electron chi connectivity index (χ0n) is 11.2. The molecule has 18 heavy (non-hydrogen) atoms. The van der Waals surface area contributed by atoms with E-state index in [1.54, 1.807) is 6.92 Å². The predicted molar refractivity (Wildman–Crippen MR) is 73.3 cm³/mol. The lowest BCUT2D eigenvalue weighted by molar-refractivity contribution is -0.119. The molecule has 3 nitrogen and oxygen atoms in total. The number of benzene rings is 1. The Bertz CT molecular complexity index is 391. The zero-order valence-corrected chi connectivity index (χ0v) is 11.2. The van der Waals surface area contributed by atoms with E-state index < -0.39 is 0 Å². The molecule has 2 rings (SSSR count). The van der Waals surface area contributed by atoms with Crippen LogP contribution in [-0.4, -0.2) is 29.9 Å². The molecule has 1 aromatic carbocycles. The standard InChI is InChI=1S/C15H22N2O/c1-3-15(13-7-5-4-6-8-13)17-10-9-14(11-17)16-12(2)18/h4-8,14-15H,3,9-11H2,1-2H3,(H,16,18). The molecule has 1 aliphatic rings. The number of carbonyl (C=O) groups is 1. The first-order valence-corrected chi connectivity index (χ1v) is 6.76. The molecule has 1 fully saturated rings. The van der Waals surface area contributed by atoms with Crippen molar-refractivity contribution in [1.29, 1.82) is 0 Å². The van der Waals surface area contributed by atoms with Gasteiger partial charge in [-0.25, -0.2) is 0 Å². The van der Waals surface area contributed by atoms with Crippen LogP contribution < -0.4 is 5.32 Å². The maximum atomic E-state index is 11.1. The molecule has 1 N–H and O–H groups in total. The molecule has 1 aromatic rings. The molecule has 1 amide bonds. The summed E-state index contributed by atoms with van der Waals surface area (Å²) >= 11 is 0. The van der Waals surface area contributed by atoms with Crippen molar-refractivity contribution < 1.29 is 4.79 Å². The molecule has 0 radical (unpaired) electrons. The van der Waals surface area contributed by atoms with E-state index in [0.29, 0.717) is 12.1 Å². The van der Waals surface area contributed by atoms with Crippen LogP contribution in [0.1, 0.15) is 38.3 Å². The topological polar surface area (TPSA) is 32.3 Å². The summed E-state index contributed by atoms with van der Waals surface area (Å²) in [5, 5.41) is 3.02. The van der Waals surface area contributed by atoms with Gasteiger partial charge in [-0.15, -0.1) is 0 Å². The first-order valence-electron chi connectivity index (χ1n) is 6.76. The van der Waals surface area contributed by atoms with E-state index in [1.165, 1.54) is 5.56 Å². The molecule has 0 spiro atoms. The zero-order chi connectivity index (χ0) is 13.0. The van der Waals surface area contributed by atoms with Gasteiger partial charge in [0.25, 0.3) is 0 Å². The molecule has 1 saturated heterocycles. The number of nitrogens with one attached hydrogen (secondary N) is 1. The van der Waals surface area contributed by atoms with Crippen molar-refractivity contribution in [3.8, 4) is 0 Å². The second-order valence-electron chi connectivity index (χ2n) is 5.02. The van der Waals surface area contributed by atoms with Gasteiger partial charge in [0.05, 0.1) is 0 Å². The summed E-state index contributed by atoms with van der Waals surface area (Å²) in [7, 11) is 0. The largest absolute Gasteiger partial charge is 0.352 e. The number of hydrogen-bond donors (Lipinski definition) is 1. The quantitative estimate of drug-likeness (QED) is 0.884. The van der Waals surface area contributed by atoms with Gasteiger partial charge < -0.3 is 5.32 Å². The minimum absolute atomic E-state index is 0.0783. The van der Waals surface area contributed by atoms with Crippen molar-refractivity contribution in [2.45, 2.75) is 38.8 Å².